The molecule has 184 valence electrons. The van der Waals surface area contributed by atoms with Crippen molar-refractivity contribution >= 4 is 16.9 Å². The monoisotopic (exact) mass is 511 g/mol. The molecule has 1 saturated carbocycles. The average Bonchev–Trinajstić information content (AvgIpc) is 3.56. The van der Waals surface area contributed by atoms with E-state index < -0.39 is 17.4 Å². The first-order valence-electron chi connectivity index (χ1n) is 11.4. The molecule has 0 saturated heterocycles. The fraction of sp³-hybridized carbons (Fsp3) is 0.292. The molecule has 4 heterocycles. The third-order valence-electron chi connectivity index (χ3n) is 6.83. The molecule has 0 amide bonds. The van der Waals surface area contributed by atoms with E-state index in [1.54, 1.807) is 12.4 Å². The van der Waals surface area contributed by atoms with E-state index in [1.165, 1.54) is 22.5 Å². The molecule has 0 radical (unpaired) electrons. The van der Waals surface area contributed by atoms with Gasteiger partial charge in [0.15, 0.2) is 0 Å². The van der Waals surface area contributed by atoms with Crippen molar-refractivity contribution in [1.82, 2.24) is 33.9 Å². The smallest absolute Gasteiger partial charge is 0.320 e. The third-order valence-corrected chi connectivity index (χ3v) is 7.57. The van der Waals surface area contributed by atoms with Gasteiger partial charge in [0.05, 0.1) is 16.8 Å². The number of benzene rings is 1. The minimum absolute atomic E-state index is 0.0197. The Bertz CT molecular complexity index is 1610. The van der Waals surface area contributed by atoms with Gasteiger partial charge in [-0.1, -0.05) is 29.9 Å². The number of aryl methyl sites for hydroxylation is 1. The van der Waals surface area contributed by atoms with E-state index >= 15 is 0 Å². The summed E-state index contributed by atoms with van der Waals surface area (Å²) in [6, 6.07) is 8.38. The summed E-state index contributed by atoms with van der Waals surface area (Å²) in [4.78, 5) is 13.4. The number of halogens is 3. The summed E-state index contributed by atoms with van der Waals surface area (Å²) in [7, 11) is 1.89. The maximum atomic E-state index is 14.0. The molecule has 4 aromatic heterocycles. The lowest BCUT2D eigenvalue weighted by Crippen LogP contribution is -2.24. The van der Waals surface area contributed by atoms with Crippen LogP contribution in [-0.2, 0) is 13.2 Å². The van der Waals surface area contributed by atoms with Gasteiger partial charge in [-0.15, -0.1) is 20.4 Å². The number of nitrogens with zero attached hydrogens (tertiary/aromatic N) is 7. The van der Waals surface area contributed by atoms with Crippen molar-refractivity contribution in [2.75, 3.05) is 0 Å². The predicted molar refractivity (Wildman–Crippen MR) is 127 cm³/mol. The van der Waals surface area contributed by atoms with Gasteiger partial charge in [-0.25, -0.2) is 4.79 Å². The molecule has 5 aromatic rings. The van der Waals surface area contributed by atoms with Crippen LogP contribution in [0.25, 0.3) is 21.8 Å². The molecular formula is C24H20F3N7OS. The fourth-order valence-electron chi connectivity index (χ4n) is 4.86. The highest BCUT2D eigenvalue weighted by Crippen LogP contribution is 2.43. The number of aromatic nitrogens is 7. The molecule has 1 aromatic carbocycles. The van der Waals surface area contributed by atoms with Crippen molar-refractivity contribution < 1.29 is 13.2 Å². The Morgan fingerprint density at radius 2 is 1.94 bits per heavy atom. The Balaban J connectivity index is 1.51. The molecule has 0 N–H and O–H groups in total. The standard InChI is InChI=1S/C24H20F3N7OS/c1-32-12-28-30-21(32)20(14-4-2-5-14)15-6-3-7-17(8-15)33-11-19-18(24(25,26)27)9-16(10-34(19)23(33)35)22-31-29-13-36-22/h3,6-14,20H,2,4-5H2,1H3/t20-/m1/s1. The van der Waals surface area contributed by atoms with E-state index in [2.05, 4.69) is 20.4 Å². The highest BCUT2D eigenvalue weighted by atomic mass is 32.1. The SMILES string of the molecule is Cn1cnnc1[C@@H](c1cccc(-n2cc3c(C(F)(F)F)cc(-c4nncs4)cn3c2=O)c1)C1CCC1. The van der Waals surface area contributed by atoms with E-state index in [-0.39, 0.29) is 17.0 Å². The highest BCUT2D eigenvalue weighted by Gasteiger charge is 2.35. The zero-order valence-electron chi connectivity index (χ0n) is 19.1. The second kappa shape index (κ2) is 8.40. The zero-order chi connectivity index (χ0) is 25.0. The van der Waals surface area contributed by atoms with Gasteiger partial charge in [0.2, 0.25) is 0 Å². The highest BCUT2D eigenvalue weighted by molar-refractivity contribution is 7.12. The average molecular weight is 512 g/mol. The molecule has 0 aliphatic heterocycles. The molecule has 6 rings (SSSR count). The quantitative estimate of drug-likeness (QED) is 0.342. The van der Waals surface area contributed by atoms with E-state index in [4.69, 9.17) is 0 Å². The zero-order valence-corrected chi connectivity index (χ0v) is 19.9. The molecule has 1 atom stereocenters. The molecule has 12 heteroatoms. The number of rotatable bonds is 5. The molecule has 1 fully saturated rings. The van der Waals surface area contributed by atoms with Crippen LogP contribution < -0.4 is 5.69 Å². The van der Waals surface area contributed by atoms with E-state index in [0.717, 1.165) is 52.5 Å². The first-order chi connectivity index (χ1) is 17.3. The van der Waals surface area contributed by atoms with E-state index in [1.807, 2.05) is 29.8 Å². The van der Waals surface area contributed by atoms with Gasteiger partial charge in [-0.3, -0.25) is 8.97 Å². The number of pyridine rings is 1. The Labute approximate surface area is 206 Å². The second-order valence-electron chi connectivity index (χ2n) is 8.98. The maximum Gasteiger partial charge on any atom is 0.418 e. The summed E-state index contributed by atoms with van der Waals surface area (Å²) in [5.74, 6) is 1.19. The van der Waals surface area contributed by atoms with Crippen molar-refractivity contribution in [3.05, 3.63) is 82.0 Å². The molecule has 0 bridgehead atoms. The van der Waals surface area contributed by atoms with Crippen LogP contribution >= 0.6 is 11.3 Å². The number of alkyl halides is 3. The van der Waals surface area contributed by atoms with Gasteiger partial charge in [-0.05, 0) is 42.5 Å². The molecular weight excluding hydrogens is 491 g/mol. The number of hydrogen-bond acceptors (Lipinski definition) is 6. The van der Waals surface area contributed by atoms with Crippen LogP contribution in [0.5, 0.6) is 0 Å². The lowest BCUT2D eigenvalue weighted by atomic mass is 9.72. The largest absolute Gasteiger partial charge is 0.418 e. The molecule has 1 aliphatic rings. The normalized spacial score (nSPS) is 15.3. The van der Waals surface area contributed by atoms with Gasteiger partial charge < -0.3 is 4.57 Å². The maximum absolute atomic E-state index is 14.0. The van der Waals surface area contributed by atoms with Crippen LogP contribution in [0.3, 0.4) is 0 Å². The van der Waals surface area contributed by atoms with Gasteiger partial charge in [0.1, 0.15) is 22.7 Å². The second-order valence-corrected chi connectivity index (χ2v) is 9.82. The molecule has 8 nitrogen and oxygen atoms in total. The molecule has 1 aliphatic carbocycles. The lowest BCUT2D eigenvalue weighted by Gasteiger charge is -2.33. The van der Waals surface area contributed by atoms with Crippen molar-refractivity contribution in [1.29, 1.82) is 0 Å². The first kappa shape index (κ1) is 22.7. The molecule has 0 unspecified atom stereocenters. The van der Waals surface area contributed by atoms with Crippen LogP contribution in [0.1, 0.15) is 42.1 Å². The minimum Gasteiger partial charge on any atom is -0.320 e. The van der Waals surface area contributed by atoms with Crippen LogP contribution in [0.15, 0.2) is 59.4 Å². The van der Waals surface area contributed by atoms with Crippen molar-refractivity contribution in [3.8, 4) is 16.3 Å². The summed E-state index contributed by atoms with van der Waals surface area (Å²) in [5.41, 5.74) is 1.31. The Morgan fingerprint density at radius 1 is 1.11 bits per heavy atom. The Hall–Kier alpha value is -3.80. The van der Waals surface area contributed by atoms with Gasteiger partial charge in [0.25, 0.3) is 0 Å². The summed E-state index contributed by atoms with van der Waals surface area (Å²) < 4.78 is 46.2. The van der Waals surface area contributed by atoms with Crippen LogP contribution in [0, 0.1) is 5.92 Å². The number of hydrogen-bond donors (Lipinski definition) is 0. The fourth-order valence-corrected chi connectivity index (χ4v) is 5.40. The summed E-state index contributed by atoms with van der Waals surface area (Å²) in [5, 5.41) is 16.2. The Morgan fingerprint density at radius 3 is 2.58 bits per heavy atom. The van der Waals surface area contributed by atoms with E-state index in [9.17, 15) is 18.0 Å². The topological polar surface area (TPSA) is 82.9 Å². The minimum atomic E-state index is -4.66. The van der Waals surface area contributed by atoms with Crippen molar-refractivity contribution in [2.24, 2.45) is 13.0 Å². The number of fused-ring (bicyclic) bond motifs is 1. The van der Waals surface area contributed by atoms with E-state index in [0.29, 0.717) is 16.6 Å². The van der Waals surface area contributed by atoms with Gasteiger partial charge >= 0.3 is 11.9 Å². The van der Waals surface area contributed by atoms with Crippen LogP contribution in [0.2, 0.25) is 0 Å². The van der Waals surface area contributed by atoms with Crippen molar-refractivity contribution in [2.45, 2.75) is 31.4 Å². The van der Waals surface area contributed by atoms with Gasteiger partial charge in [-0.2, -0.15) is 13.2 Å². The number of imidazole rings is 1. The summed E-state index contributed by atoms with van der Waals surface area (Å²) in [6.07, 6.45) is 2.87. The Kier molecular flexibility index (Phi) is 5.29. The first-order valence-corrected chi connectivity index (χ1v) is 12.2. The van der Waals surface area contributed by atoms with Gasteiger partial charge in [0, 0.05) is 30.9 Å². The third kappa shape index (κ3) is 3.72. The predicted octanol–water partition coefficient (Wildman–Crippen LogP) is 4.69. The van der Waals surface area contributed by atoms with Crippen LogP contribution in [-0.4, -0.2) is 33.9 Å². The van der Waals surface area contributed by atoms with Crippen LogP contribution in [0.4, 0.5) is 13.2 Å². The summed E-state index contributed by atoms with van der Waals surface area (Å²) in [6.45, 7) is 0. The lowest BCUT2D eigenvalue weighted by molar-refractivity contribution is -0.136. The molecule has 36 heavy (non-hydrogen) atoms. The van der Waals surface area contributed by atoms with Crippen molar-refractivity contribution in [3.63, 3.8) is 0 Å². The summed E-state index contributed by atoms with van der Waals surface area (Å²) >= 11 is 1.10. The molecule has 0 spiro atoms.